The van der Waals surface area contributed by atoms with E-state index < -0.39 is 0 Å². The Hall–Kier alpha value is -1.58. The highest BCUT2D eigenvalue weighted by Gasteiger charge is 2.09. The molecule has 0 amide bonds. The van der Waals surface area contributed by atoms with Gasteiger partial charge in [-0.2, -0.15) is 0 Å². The second-order valence-corrected chi connectivity index (χ2v) is 6.80. The van der Waals surface area contributed by atoms with Crippen molar-refractivity contribution >= 4 is 53.8 Å². The summed E-state index contributed by atoms with van der Waals surface area (Å²) in [5, 5.41) is 2.28. The molecule has 0 bridgehead atoms. The molecule has 1 heterocycles. The maximum atomic E-state index is 5.89. The number of rotatable bonds is 1. The SMILES string of the molecule is Brc1cccc(-c2ccc3oc4ccc(Br)cc4c3c2)c1. The first-order chi connectivity index (χ1) is 10.2. The summed E-state index contributed by atoms with van der Waals surface area (Å²) in [6.07, 6.45) is 0. The van der Waals surface area contributed by atoms with E-state index in [9.17, 15) is 0 Å². The molecule has 0 fully saturated rings. The summed E-state index contributed by atoms with van der Waals surface area (Å²) in [5.74, 6) is 0. The normalized spacial score (nSPS) is 11.3. The van der Waals surface area contributed by atoms with Crippen molar-refractivity contribution in [2.24, 2.45) is 0 Å². The van der Waals surface area contributed by atoms with E-state index in [-0.39, 0.29) is 0 Å². The molecule has 4 aromatic rings. The lowest BCUT2D eigenvalue weighted by atomic mass is 10.0. The van der Waals surface area contributed by atoms with Gasteiger partial charge in [-0.25, -0.2) is 0 Å². The summed E-state index contributed by atoms with van der Waals surface area (Å²) in [6, 6.07) is 20.8. The molecule has 0 unspecified atom stereocenters. The van der Waals surface area contributed by atoms with Crippen LogP contribution in [-0.4, -0.2) is 0 Å². The number of furan rings is 1. The van der Waals surface area contributed by atoms with Crippen LogP contribution in [0.4, 0.5) is 0 Å². The van der Waals surface area contributed by atoms with Crippen molar-refractivity contribution in [1.82, 2.24) is 0 Å². The minimum absolute atomic E-state index is 0.916. The highest BCUT2D eigenvalue weighted by Crippen LogP contribution is 2.34. The molecule has 0 radical (unpaired) electrons. The van der Waals surface area contributed by atoms with E-state index in [0.29, 0.717) is 0 Å². The zero-order chi connectivity index (χ0) is 14.4. The van der Waals surface area contributed by atoms with Gasteiger partial charge in [-0.15, -0.1) is 0 Å². The quantitative estimate of drug-likeness (QED) is 0.342. The van der Waals surface area contributed by atoms with Gasteiger partial charge in [0.25, 0.3) is 0 Å². The van der Waals surface area contributed by atoms with Gasteiger partial charge < -0.3 is 4.42 Å². The van der Waals surface area contributed by atoms with E-state index in [1.54, 1.807) is 0 Å². The predicted molar refractivity (Wildman–Crippen MR) is 94.6 cm³/mol. The average molecular weight is 402 g/mol. The highest BCUT2D eigenvalue weighted by atomic mass is 79.9. The first-order valence-corrected chi connectivity index (χ1v) is 8.17. The Kier molecular flexibility index (Phi) is 3.12. The first kappa shape index (κ1) is 13.1. The molecule has 1 aromatic heterocycles. The van der Waals surface area contributed by atoms with Gasteiger partial charge in [-0.3, -0.25) is 0 Å². The zero-order valence-corrected chi connectivity index (χ0v) is 14.1. The maximum absolute atomic E-state index is 5.89. The van der Waals surface area contributed by atoms with Gasteiger partial charge in [-0.05, 0) is 53.6 Å². The largest absolute Gasteiger partial charge is 0.456 e. The fourth-order valence-electron chi connectivity index (χ4n) is 2.60. The van der Waals surface area contributed by atoms with Crippen molar-refractivity contribution in [3.63, 3.8) is 0 Å². The maximum Gasteiger partial charge on any atom is 0.135 e. The third-order valence-corrected chi connectivity index (χ3v) is 4.58. The number of halogens is 2. The Morgan fingerprint density at radius 3 is 2.10 bits per heavy atom. The minimum atomic E-state index is 0.916. The number of fused-ring (bicyclic) bond motifs is 3. The molecule has 0 N–H and O–H groups in total. The number of hydrogen-bond acceptors (Lipinski definition) is 1. The van der Waals surface area contributed by atoms with Crippen LogP contribution in [0.15, 0.2) is 74.0 Å². The second-order valence-electron chi connectivity index (χ2n) is 4.96. The Balaban J connectivity index is 2.00. The van der Waals surface area contributed by atoms with Crippen LogP contribution in [0.1, 0.15) is 0 Å². The van der Waals surface area contributed by atoms with Gasteiger partial charge in [0.15, 0.2) is 0 Å². The number of hydrogen-bond donors (Lipinski definition) is 0. The van der Waals surface area contributed by atoms with Gasteiger partial charge >= 0.3 is 0 Å². The molecular weight excluding hydrogens is 392 g/mol. The van der Waals surface area contributed by atoms with Gasteiger partial charge in [0.1, 0.15) is 11.2 Å². The van der Waals surface area contributed by atoms with Crippen molar-refractivity contribution in [3.05, 3.63) is 69.6 Å². The van der Waals surface area contributed by atoms with Crippen molar-refractivity contribution in [2.45, 2.75) is 0 Å². The van der Waals surface area contributed by atoms with E-state index in [0.717, 1.165) is 30.9 Å². The number of benzene rings is 3. The molecule has 0 aliphatic carbocycles. The molecule has 1 nitrogen and oxygen atoms in total. The smallest absolute Gasteiger partial charge is 0.135 e. The van der Waals surface area contributed by atoms with Crippen molar-refractivity contribution < 1.29 is 4.42 Å². The first-order valence-electron chi connectivity index (χ1n) is 6.58. The monoisotopic (exact) mass is 400 g/mol. The summed E-state index contributed by atoms with van der Waals surface area (Å²) >= 11 is 7.05. The van der Waals surface area contributed by atoms with Gasteiger partial charge in [0.05, 0.1) is 0 Å². The van der Waals surface area contributed by atoms with E-state index in [2.05, 4.69) is 62.2 Å². The Morgan fingerprint density at radius 1 is 0.619 bits per heavy atom. The third kappa shape index (κ3) is 2.30. The molecular formula is C18H10Br2O. The molecule has 0 saturated carbocycles. The van der Waals surface area contributed by atoms with Crippen molar-refractivity contribution in [3.8, 4) is 11.1 Å². The van der Waals surface area contributed by atoms with Crippen LogP contribution in [0.25, 0.3) is 33.1 Å². The lowest BCUT2D eigenvalue weighted by Gasteiger charge is -2.02. The Bertz CT molecular complexity index is 969. The minimum Gasteiger partial charge on any atom is -0.456 e. The van der Waals surface area contributed by atoms with E-state index in [1.165, 1.54) is 11.1 Å². The van der Waals surface area contributed by atoms with Crippen LogP contribution >= 0.6 is 31.9 Å². The fourth-order valence-corrected chi connectivity index (χ4v) is 3.36. The third-order valence-electron chi connectivity index (χ3n) is 3.59. The zero-order valence-electron chi connectivity index (χ0n) is 10.9. The molecule has 0 aliphatic heterocycles. The Morgan fingerprint density at radius 2 is 1.29 bits per heavy atom. The average Bonchev–Trinajstić information content (AvgIpc) is 2.84. The van der Waals surface area contributed by atoms with Crippen LogP contribution in [0.2, 0.25) is 0 Å². The lowest BCUT2D eigenvalue weighted by molar-refractivity contribution is 0.669. The molecule has 0 aliphatic rings. The van der Waals surface area contributed by atoms with E-state index in [4.69, 9.17) is 4.42 Å². The predicted octanol–water partition coefficient (Wildman–Crippen LogP) is 6.78. The van der Waals surface area contributed by atoms with Crippen LogP contribution < -0.4 is 0 Å². The molecule has 102 valence electrons. The van der Waals surface area contributed by atoms with Crippen LogP contribution in [0.3, 0.4) is 0 Å². The van der Waals surface area contributed by atoms with Crippen LogP contribution in [0, 0.1) is 0 Å². The fraction of sp³-hybridized carbons (Fsp3) is 0. The summed E-state index contributed by atoms with van der Waals surface area (Å²) in [6.45, 7) is 0. The Labute approximate surface area is 138 Å². The van der Waals surface area contributed by atoms with Gasteiger partial charge in [0, 0.05) is 19.7 Å². The van der Waals surface area contributed by atoms with Gasteiger partial charge in [0.2, 0.25) is 0 Å². The molecule has 21 heavy (non-hydrogen) atoms. The summed E-state index contributed by atoms with van der Waals surface area (Å²) in [4.78, 5) is 0. The van der Waals surface area contributed by atoms with Gasteiger partial charge in [-0.1, -0.05) is 50.1 Å². The molecule has 0 saturated heterocycles. The van der Waals surface area contributed by atoms with Crippen LogP contribution in [-0.2, 0) is 0 Å². The molecule has 3 heteroatoms. The van der Waals surface area contributed by atoms with E-state index >= 15 is 0 Å². The second kappa shape index (κ2) is 5.00. The highest BCUT2D eigenvalue weighted by molar-refractivity contribution is 9.10. The standard InChI is InChI=1S/C18H10Br2O/c19-13-3-1-2-11(8-13)12-4-6-17-15(9-12)16-10-14(20)5-7-18(16)21-17/h1-10H. The summed E-state index contributed by atoms with van der Waals surface area (Å²) in [7, 11) is 0. The molecule has 4 rings (SSSR count). The van der Waals surface area contributed by atoms with Crippen molar-refractivity contribution in [1.29, 1.82) is 0 Å². The van der Waals surface area contributed by atoms with Crippen LogP contribution in [0.5, 0.6) is 0 Å². The summed E-state index contributed by atoms with van der Waals surface area (Å²) < 4.78 is 8.04. The summed E-state index contributed by atoms with van der Waals surface area (Å²) in [5.41, 5.74) is 4.21. The molecule has 0 atom stereocenters. The molecule has 3 aromatic carbocycles. The van der Waals surface area contributed by atoms with E-state index in [1.807, 2.05) is 30.3 Å². The lowest BCUT2D eigenvalue weighted by Crippen LogP contribution is -1.77. The van der Waals surface area contributed by atoms with Crippen molar-refractivity contribution in [2.75, 3.05) is 0 Å². The molecule has 0 spiro atoms. The topological polar surface area (TPSA) is 13.1 Å².